The van der Waals surface area contributed by atoms with Crippen molar-refractivity contribution in [1.29, 1.82) is 0 Å². The topological polar surface area (TPSA) is 93.7 Å². The van der Waals surface area contributed by atoms with Crippen LogP contribution < -0.4 is 15.4 Å². The van der Waals surface area contributed by atoms with Crippen LogP contribution in [0.25, 0.3) is 0 Å². The van der Waals surface area contributed by atoms with Crippen molar-refractivity contribution in [3.63, 3.8) is 0 Å². The molecule has 0 atom stereocenters. The largest absolute Gasteiger partial charge is 0.482 e. The molecule has 2 rings (SSSR count). The maximum Gasteiger partial charge on any atom is 0.344 e. The number of rotatable bonds is 9. The van der Waals surface area contributed by atoms with Crippen molar-refractivity contribution >= 4 is 39.4 Å². The molecule has 2 amide bonds. The summed E-state index contributed by atoms with van der Waals surface area (Å²) in [7, 11) is 0. The molecule has 8 heteroatoms. The number of aryl methyl sites for hydroxylation is 2. The molecule has 2 N–H and O–H groups in total. The Hall–Kier alpha value is -2.87. The van der Waals surface area contributed by atoms with Gasteiger partial charge in [-0.25, -0.2) is 4.79 Å². The molecule has 0 fully saturated rings. The third-order valence-electron chi connectivity index (χ3n) is 4.49. The zero-order valence-electron chi connectivity index (χ0n) is 18.1. The SMILES string of the molecule is Cc1cc(Br)ccc1NC(=O)CNC(=O)COC(=O)COc1ccc(C(C)C)c(C)c1. The summed E-state index contributed by atoms with van der Waals surface area (Å²) >= 11 is 3.36. The lowest BCUT2D eigenvalue weighted by atomic mass is 9.98. The summed E-state index contributed by atoms with van der Waals surface area (Å²) < 4.78 is 11.2. The summed E-state index contributed by atoms with van der Waals surface area (Å²) in [5.41, 5.74) is 3.84. The first-order chi connectivity index (χ1) is 14.7. The average Bonchev–Trinajstić information content (AvgIpc) is 2.71. The molecule has 2 aromatic carbocycles. The molecule has 0 aliphatic heterocycles. The second-order valence-electron chi connectivity index (χ2n) is 7.41. The van der Waals surface area contributed by atoms with Crippen LogP contribution in [0.15, 0.2) is 40.9 Å². The summed E-state index contributed by atoms with van der Waals surface area (Å²) in [5, 5.41) is 5.12. The van der Waals surface area contributed by atoms with Gasteiger partial charge in [-0.2, -0.15) is 0 Å². The molecule has 0 radical (unpaired) electrons. The van der Waals surface area contributed by atoms with Gasteiger partial charge in [0.05, 0.1) is 6.54 Å². The molecule has 2 aromatic rings. The molecule has 0 heterocycles. The standard InChI is InChI=1S/C23H27BrN2O5/c1-14(2)19-7-6-18(10-15(19)3)30-13-23(29)31-12-22(28)25-11-21(27)26-20-8-5-17(24)9-16(20)4/h5-10,14H,11-13H2,1-4H3,(H,25,28)(H,26,27). The van der Waals surface area contributed by atoms with Crippen LogP contribution in [0.3, 0.4) is 0 Å². The number of benzene rings is 2. The number of nitrogens with one attached hydrogen (secondary N) is 2. The van der Waals surface area contributed by atoms with E-state index >= 15 is 0 Å². The van der Waals surface area contributed by atoms with Crippen LogP contribution in [0.4, 0.5) is 5.69 Å². The van der Waals surface area contributed by atoms with Gasteiger partial charge in [0.1, 0.15) is 5.75 Å². The Balaban J connectivity index is 1.69. The summed E-state index contributed by atoms with van der Waals surface area (Å²) in [6.45, 7) is 7.03. The van der Waals surface area contributed by atoms with E-state index in [0.29, 0.717) is 17.4 Å². The molecular formula is C23H27BrN2O5. The van der Waals surface area contributed by atoms with Crippen LogP contribution in [0.5, 0.6) is 5.75 Å². The van der Waals surface area contributed by atoms with Crippen molar-refractivity contribution < 1.29 is 23.9 Å². The molecule has 166 valence electrons. The van der Waals surface area contributed by atoms with Gasteiger partial charge in [-0.15, -0.1) is 0 Å². The lowest BCUT2D eigenvalue weighted by Gasteiger charge is -2.12. The van der Waals surface area contributed by atoms with Gasteiger partial charge >= 0.3 is 5.97 Å². The molecular weight excluding hydrogens is 464 g/mol. The quantitative estimate of drug-likeness (QED) is 0.520. The molecule has 0 bridgehead atoms. The Morgan fingerprint density at radius 2 is 1.71 bits per heavy atom. The van der Waals surface area contributed by atoms with E-state index in [0.717, 1.165) is 15.6 Å². The molecule has 7 nitrogen and oxygen atoms in total. The Morgan fingerprint density at radius 1 is 0.968 bits per heavy atom. The third-order valence-corrected chi connectivity index (χ3v) is 4.99. The first-order valence-corrected chi connectivity index (χ1v) is 10.7. The van der Waals surface area contributed by atoms with E-state index in [-0.39, 0.29) is 19.1 Å². The van der Waals surface area contributed by atoms with E-state index in [9.17, 15) is 14.4 Å². The normalized spacial score (nSPS) is 10.5. The van der Waals surface area contributed by atoms with Crippen LogP contribution in [0, 0.1) is 13.8 Å². The molecule has 0 spiro atoms. The van der Waals surface area contributed by atoms with Gasteiger partial charge in [0.2, 0.25) is 5.91 Å². The van der Waals surface area contributed by atoms with Gasteiger partial charge in [0.15, 0.2) is 13.2 Å². The highest BCUT2D eigenvalue weighted by molar-refractivity contribution is 9.10. The van der Waals surface area contributed by atoms with Gasteiger partial charge in [0, 0.05) is 10.2 Å². The van der Waals surface area contributed by atoms with E-state index < -0.39 is 18.5 Å². The molecule has 0 unspecified atom stereocenters. The second-order valence-corrected chi connectivity index (χ2v) is 8.32. The Bertz CT molecular complexity index is 959. The molecule has 0 saturated heterocycles. The summed E-state index contributed by atoms with van der Waals surface area (Å²) in [6, 6.07) is 11.1. The van der Waals surface area contributed by atoms with Gasteiger partial charge in [-0.05, 0) is 66.8 Å². The van der Waals surface area contributed by atoms with E-state index in [4.69, 9.17) is 9.47 Å². The van der Waals surface area contributed by atoms with Crippen LogP contribution in [-0.4, -0.2) is 37.5 Å². The highest BCUT2D eigenvalue weighted by Crippen LogP contribution is 2.23. The molecule has 0 aliphatic rings. The van der Waals surface area contributed by atoms with Crippen LogP contribution in [-0.2, 0) is 19.1 Å². The molecule has 0 saturated carbocycles. The predicted octanol–water partition coefficient (Wildman–Crippen LogP) is 3.87. The zero-order valence-corrected chi connectivity index (χ0v) is 19.7. The maximum absolute atomic E-state index is 12.0. The summed E-state index contributed by atoms with van der Waals surface area (Å²) in [6.07, 6.45) is 0. The van der Waals surface area contributed by atoms with Crippen molar-refractivity contribution in [3.8, 4) is 5.75 Å². The lowest BCUT2D eigenvalue weighted by molar-refractivity contribution is -0.150. The highest BCUT2D eigenvalue weighted by atomic mass is 79.9. The minimum absolute atomic E-state index is 0.232. The fourth-order valence-electron chi connectivity index (χ4n) is 2.91. The van der Waals surface area contributed by atoms with E-state index in [1.54, 1.807) is 12.1 Å². The van der Waals surface area contributed by atoms with Crippen LogP contribution in [0.2, 0.25) is 0 Å². The number of hydrogen-bond acceptors (Lipinski definition) is 5. The number of halogens is 1. The fraction of sp³-hybridized carbons (Fsp3) is 0.348. The highest BCUT2D eigenvalue weighted by Gasteiger charge is 2.12. The minimum Gasteiger partial charge on any atom is -0.482 e. The number of anilines is 1. The summed E-state index contributed by atoms with van der Waals surface area (Å²) in [5.74, 6) is -0.667. The van der Waals surface area contributed by atoms with Gasteiger partial charge in [0.25, 0.3) is 5.91 Å². The number of carbonyl (C=O) groups excluding carboxylic acids is 3. The predicted molar refractivity (Wildman–Crippen MR) is 122 cm³/mol. The molecule has 0 aromatic heterocycles. The summed E-state index contributed by atoms with van der Waals surface area (Å²) in [4.78, 5) is 35.6. The van der Waals surface area contributed by atoms with Crippen LogP contribution in [0.1, 0.15) is 36.5 Å². The second kappa shape index (κ2) is 11.5. The Labute approximate surface area is 190 Å². The molecule has 31 heavy (non-hydrogen) atoms. The maximum atomic E-state index is 12.0. The fourth-order valence-corrected chi connectivity index (χ4v) is 3.38. The Morgan fingerprint density at radius 3 is 2.35 bits per heavy atom. The number of carbonyl (C=O) groups is 3. The van der Waals surface area contributed by atoms with Crippen molar-refractivity contribution in [2.45, 2.75) is 33.6 Å². The first-order valence-electron chi connectivity index (χ1n) is 9.87. The van der Waals surface area contributed by atoms with E-state index in [1.165, 1.54) is 5.56 Å². The van der Waals surface area contributed by atoms with Crippen molar-refractivity contribution in [3.05, 3.63) is 57.6 Å². The van der Waals surface area contributed by atoms with Crippen molar-refractivity contribution in [1.82, 2.24) is 5.32 Å². The Kier molecular flexibility index (Phi) is 9.05. The number of ether oxygens (including phenoxy) is 2. The van der Waals surface area contributed by atoms with E-state index in [2.05, 4.69) is 40.4 Å². The van der Waals surface area contributed by atoms with Gasteiger partial charge in [-0.3, -0.25) is 9.59 Å². The smallest absolute Gasteiger partial charge is 0.344 e. The van der Waals surface area contributed by atoms with Gasteiger partial charge in [-0.1, -0.05) is 35.8 Å². The third kappa shape index (κ3) is 8.05. The minimum atomic E-state index is -0.671. The lowest BCUT2D eigenvalue weighted by Crippen LogP contribution is -2.36. The van der Waals surface area contributed by atoms with Crippen molar-refractivity contribution in [2.75, 3.05) is 25.1 Å². The van der Waals surface area contributed by atoms with E-state index in [1.807, 2.05) is 38.1 Å². The number of hydrogen-bond donors (Lipinski definition) is 2. The first kappa shape index (κ1) is 24.4. The van der Waals surface area contributed by atoms with Gasteiger partial charge < -0.3 is 20.1 Å². The molecule has 0 aliphatic carbocycles. The number of amides is 2. The monoisotopic (exact) mass is 490 g/mol. The van der Waals surface area contributed by atoms with Crippen molar-refractivity contribution in [2.24, 2.45) is 0 Å². The average molecular weight is 491 g/mol. The number of esters is 1. The van der Waals surface area contributed by atoms with Crippen LogP contribution >= 0.6 is 15.9 Å². The zero-order chi connectivity index (χ0) is 23.0.